The lowest BCUT2D eigenvalue weighted by Crippen LogP contribution is -2.33. The lowest BCUT2D eigenvalue weighted by atomic mass is 10.1. The molecule has 2 heterocycles. The van der Waals surface area contributed by atoms with Crippen molar-refractivity contribution < 1.29 is 4.79 Å². The molecule has 1 aliphatic rings. The summed E-state index contributed by atoms with van der Waals surface area (Å²) >= 11 is 1.64. The monoisotopic (exact) mass is 420 g/mol. The highest BCUT2D eigenvalue weighted by atomic mass is 32.1. The topological polar surface area (TPSA) is 57.3 Å². The van der Waals surface area contributed by atoms with E-state index in [-0.39, 0.29) is 6.03 Å². The minimum Gasteiger partial charge on any atom is -0.370 e. The second-order valence-corrected chi connectivity index (χ2v) is 8.56. The smallest absolute Gasteiger partial charge is 0.319 e. The fourth-order valence-corrected chi connectivity index (χ4v) is 4.57. The lowest BCUT2D eigenvalue weighted by Gasteiger charge is -2.30. The van der Waals surface area contributed by atoms with E-state index in [0.717, 1.165) is 40.7 Å². The van der Waals surface area contributed by atoms with Crippen molar-refractivity contribution in [3.8, 4) is 10.6 Å². The number of aryl methyl sites for hydroxylation is 1. The van der Waals surface area contributed by atoms with Crippen molar-refractivity contribution in [1.82, 2.24) is 10.3 Å². The minimum atomic E-state index is -0.173. The first kappa shape index (κ1) is 20.4. The van der Waals surface area contributed by atoms with E-state index in [0.29, 0.717) is 13.0 Å². The largest absolute Gasteiger partial charge is 0.370 e. The molecule has 0 bridgehead atoms. The van der Waals surface area contributed by atoms with Gasteiger partial charge in [0.1, 0.15) is 5.01 Å². The van der Waals surface area contributed by atoms with Crippen molar-refractivity contribution in [1.29, 1.82) is 0 Å². The molecular formula is C24H28N4OS. The second-order valence-electron chi connectivity index (χ2n) is 7.71. The fourth-order valence-electron chi connectivity index (χ4n) is 3.71. The summed E-state index contributed by atoms with van der Waals surface area (Å²) in [6, 6.07) is 16.3. The summed E-state index contributed by atoms with van der Waals surface area (Å²) in [6.07, 6.45) is 4.41. The molecule has 0 spiro atoms. The third-order valence-electron chi connectivity index (χ3n) is 5.37. The minimum absolute atomic E-state index is 0.173. The van der Waals surface area contributed by atoms with E-state index < -0.39 is 0 Å². The van der Waals surface area contributed by atoms with Gasteiger partial charge in [0.15, 0.2) is 0 Å². The molecule has 4 rings (SSSR count). The highest BCUT2D eigenvalue weighted by molar-refractivity contribution is 7.13. The van der Waals surface area contributed by atoms with Gasteiger partial charge in [-0.05, 0) is 38.3 Å². The molecule has 0 saturated carbocycles. The van der Waals surface area contributed by atoms with Crippen LogP contribution in [0, 0.1) is 6.92 Å². The number of carbonyl (C=O) groups is 1. The molecule has 6 heteroatoms. The molecule has 156 valence electrons. The molecule has 2 N–H and O–H groups in total. The molecule has 2 amide bonds. The van der Waals surface area contributed by atoms with Crippen molar-refractivity contribution >= 4 is 28.7 Å². The first-order chi connectivity index (χ1) is 14.7. The van der Waals surface area contributed by atoms with Crippen LogP contribution in [0.4, 0.5) is 16.2 Å². The zero-order chi connectivity index (χ0) is 20.8. The third kappa shape index (κ3) is 5.19. The lowest BCUT2D eigenvalue weighted by molar-refractivity contribution is 0.252. The van der Waals surface area contributed by atoms with Gasteiger partial charge in [0.2, 0.25) is 0 Å². The number of hydrogen-bond acceptors (Lipinski definition) is 4. The Balaban J connectivity index is 1.29. The van der Waals surface area contributed by atoms with Crippen molar-refractivity contribution in [3.05, 3.63) is 65.2 Å². The van der Waals surface area contributed by atoms with Crippen LogP contribution in [-0.2, 0) is 6.42 Å². The molecule has 1 fully saturated rings. The van der Waals surface area contributed by atoms with Gasteiger partial charge in [0, 0.05) is 37.0 Å². The molecular weight excluding hydrogens is 392 g/mol. The van der Waals surface area contributed by atoms with Crippen molar-refractivity contribution in [3.63, 3.8) is 0 Å². The molecule has 1 aromatic heterocycles. The predicted molar refractivity (Wildman–Crippen MR) is 126 cm³/mol. The van der Waals surface area contributed by atoms with E-state index in [1.807, 2.05) is 18.2 Å². The zero-order valence-electron chi connectivity index (χ0n) is 17.4. The molecule has 1 aliphatic heterocycles. The Labute approximate surface area is 182 Å². The Bertz CT molecular complexity index is 977. The molecule has 2 aromatic carbocycles. The quantitative estimate of drug-likeness (QED) is 0.556. The number of rotatable bonds is 6. The number of aromatic nitrogens is 1. The summed E-state index contributed by atoms with van der Waals surface area (Å²) in [5.41, 5.74) is 5.36. The van der Waals surface area contributed by atoms with Gasteiger partial charge in [-0.15, -0.1) is 11.3 Å². The summed E-state index contributed by atoms with van der Waals surface area (Å²) in [6.45, 7) is 4.73. The number of carbonyl (C=O) groups excluding carboxylic acids is 1. The van der Waals surface area contributed by atoms with Gasteiger partial charge in [-0.1, -0.05) is 42.0 Å². The van der Waals surface area contributed by atoms with Crippen LogP contribution in [0.2, 0.25) is 0 Å². The molecule has 1 saturated heterocycles. The van der Waals surface area contributed by atoms with Crippen LogP contribution in [0.15, 0.2) is 53.9 Å². The first-order valence-corrected chi connectivity index (χ1v) is 11.5. The summed E-state index contributed by atoms with van der Waals surface area (Å²) in [7, 11) is 0. The van der Waals surface area contributed by atoms with Gasteiger partial charge in [0.05, 0.1) is 17.1 Å². The maximum absolute atomic E-state index is 12.4. The van der Waals surface area contributed by atoms with E-state index in [1.54, 1.807) is 11.3 Å². The highest BCUT2D eigenvalue weighted by Crippen LogP contribution is 2.28. The number of anilines is 2. The summed E-state index contributed by atoms with van der Waals surface area (Å²) in [5.74, 6) is 0. The summed E-state index contributed by atoms with van der Waals surface area (Å²) < 4.78 is 0. The third-order valence-corrected chi connectivity index (χ3v) is 6.31. The van der Waals surface area contributed by atoms with Gasteiger partial charge in [-0.2, -0.15) is 0 Å². The van der Waals surface area contributed by atoms with Gasteiger partial charge in [-0.3, -0.25) is 0 Å². The Hall–Kier alpha value is -2.86. The number of benzene rings is 2. The number of nitrogens with one attached hydrogen (secondary N) is 2. The molecule has 0 aliphatic carbocycles. The number of urea groups is 1. The van der Waals surface area contributed by atoms with Gasteiger partial charge < -0.3 is 15.5 Å². The molecule has 5 nitrogen and oxygen atoms in total. The summed E-state index contributed by atoms with van der Waals surface area (Å²) in [4.78, 5) is 19.5. The number of hydrogen-bond donors (Lipinski definition) is 2. The Morgan fingerprint density at radius 3 is 2.63 bits per heavy atom. The van der Waals surface area contributed by atoms with E-state index in [4.69, 9.17) is 4.98 Å². The van der Waals surface area contributed by atoms with Crippen molar-refractivity contribution in [2.75, 3.05) is 29.9 Å². The number of thiazole rings is 1. The number of nitrogens with zero attached hydrogens (tertiary/aromatic N) is 2. The average Bonchev–Trinajstić information content (AvgIpc) is 3.24. The highest BCUT2D eigenvalue weighted by Gasteiger charge is 2.15. The predicted octanol–water partition coefficient (Wildman–Crippen LogP) is 5.47. The van der Waals surface area contributed by atoms with Crippen molar-refractivity contribution in [2.45, 2.75) is 32.6 Å². The van der Waals surface area contributed by atoms with Crippen LogP contribution < -0.4 is 15.5 Å². The van der Waals surface area contributed by atoms with Crippen LogP contribution in [0.25, 0.3) is 10.6 Å². The van der Waals surface area contributed by atoms with Crippen molar-refractivity contribution in [2.24, 2.45) is 0 Å². The maximum atomic E-state index is 12.4. The Morgan fingerprint density at radius 2 is 1.83 bits per heavy atom. The van der Waals surface area contributed by atoms with E-state index in [1.165, 1.54) is 24.8 Å². The van der Waals surface area contributed by atoms with Gasteiger partial charge >= 0.3 is 6.03 Å². The van der Waals surface area contributed by atoms with E-state index in [9.17, 15) is 4.79 Å². The summed E-state index contributed by atoms with van der Waals surface area (Å²) in [5, 5.41) is 9.07. The number of piperidine rings is 1. The average molecular weight is 421 g/mol. The van der Waals surface area contributed by atoms with Crippen LogP contribution in [0.5, 0.6) is 0 Å². The van der Waals surface area contributed by atoms with Crippen LogP contribution in [-0.4, -0.2) is 30.6 Å². The zero-order valence-corrected chi connectivity index (χ0v) is 18.2. The second kappa shape index (κ2) is 9.76. The number of para-hydroxylation sites is 2. The standard InChI is InChI=1S/C24H28N4OS/c1-18-9-11-19(12-10-18)23-26-20(17-30-23)13-14-25-24(29)27-21-7-3-4-8-22(21)28-15-5-2-6-16-28/h3-4,7-12,17H,2,5-6,13-16H2,1H3,(H2,25,27,29). The Morgan fingerprint density at radius 1 is 1.07 bits per heavy atom. The van der Waals surface area contributed by atoms with Gasteiger partial charge in [-0.25, -0.2) is 9.78 Å². The van der Waals surface area contributed by atoms with Crippen LogP contribution in [0.3, 0.4) is 0 Å². The normalized spacial score (nSPS) is 13.8. The first-order valence-electron chi connectivity index (χ1n) is 10.6. The van der Waals surface area contributed by atoms with Gasteiger partial charge in [0.25, 0.3) is 0 Å². The fraction of sp³-hybridized carbons (Fsp3) is 0.333. The maximum Gasteiger partial charge on any atom is 0.319 e. The molecule has 30 heavy (non-hydrogen) atoms. The number of amides is 2. The molecule has 0 radical (unpaired) electrons. The molecule has 0 unspecified atom stereocenters. The Kier molecular flexibility index (Phi) is 6.64. The van der Waals surface area contributed by atoms with Crippen LogP contribution in [0.1, 0.15) is 30.5 Å². The molecule has 0 atom stereocenters. The van der Waals surface area contributed by atoms with E-state index in [2.05, 4.69) is 58.2 Å². The SMILES string of the molecule is Cc1ccc(-c2nc(CCNC(=O)Nc3ccccc3N3CCCCC3)cs2)cc1. The van der Waals surface area contributed by atoms with Crippen LogP contribution >= 0.6 is 11.3 Å². The molecule has 3 aromatic rings. The van der Waals surface area contributed by atoms with E-state index >= 15 is 0 Å².